The number of hydrogen-bond acceptors (Lipinski definition) is 5. The summed E-state index contributed by atoms with van der Waals surface area (Å²) in [5, 5.41) is 13.8. The molecule has 2 aromatic carbocycles. The monoisotopic (exact) mass is 375 g/mol. The number of hydrogen-bond donors (Lipinski definition) is 1. The van der Waals surface area contributed by atoms with E-state index in [0.717, 1.165) is 25.2 Å². The molecule has 0 aliphatic carbocycles. The van der Waals surface area contributed by atoms with Crippen molar-refractivity contribution in [2.75, 3.05) is 31.6 Å². The molecule has 1 N–H and O–H groups in total. The van der Waals surface area contributed by atoms with Crippen molar-refractivity contribution >= 4 is 28.9 Å². The third-order valence-electron chi connectivity index (χ3n) is 4.11. The quantitative estimate of drug-likeness (QED) is 0.640. The van der Waals surface area contributed by atoms with Crippen LogP contribution >= 0.6 is 11.6 Å². The molecule has 0 unspecified atom stereocenters. The number of carbonyl (C=O) groups excluding carboxylic acids is 1. The molecule has 3 rings (SSSR count). The molecule has 26 heavy (non-hydrogen) atoms. The second-order valence-corrected chi connectivity index (χ2v) is 6.37. The van der Waals surface area contributed by atoms with Crippen LogP contribution in [0.3, 0.4) is 0 Å². The van der Waals surface area contributed by atoms with Gasteiger partial charge in [-0.15, -0.1) is 0 Å². The zero-order chi connectivity index (χ0) is 18.5. The van der Waals surface area contributed by atoms with Crippen LogP contribution < -0.4 is 5.32 Å². The minimum Gasteiger partial charge on any atom is -0.379 e. The van der Waals surface area contributed by atoms with E-state index in [2.05, 4.69) is 10.2 Å². The average Bonchev–Trinajstić information content (AvgIpc) is 2.64. The number of carbonyl (C=O) groups is 1. The Morgan fingerprint density at radius 1 is 1.23 bits per heavy atom. The van der Waals surface area contributed by atoms with E-state index in [4.69, 9.17) is 16.3 Å². The van der Waals surface area contributed by atoms with Gasteiger partial charge in [0.15, 0.2) is 0 Å². The molecule has 136 valence electrons. The summed E-state index contributed by atoms with van der Waals surface area (Å²) in [4.78, 5) is 25.1. The van der Waals surface area contributed by atoms with Crippen molar-refractivity contribution in [3.8, 4) is 0 Å². The Kier molecular flexibility index (Phi) is 5.82. The van der Waals surface area contributed by atoms with Crippen LogP contribution in [0.2, 0.25) is 5.02 Å². The highest BCUT2D eigenvalue weighted by Crippen LogP contribution is 2.27. The lowest BCUT2D eigenvalue weighted by Crippen LogP contribution is -2.35. The fourth-order valence-corrected chi connectivity index (χ4v) is 2.91. The number of nitro groups is 1. The molecule has 1 heterocycles. The van der Waals surface area contributed by atoms with Crippen LogP contribution in [0.15, 0.2) is 42.5 Å². The van der Waals surface area contributed by atoms with E-state index in [-0.39, 0.29) is 22.3 Å². The molecule has 0 atom stereocenters. The number of nitrogens with zero attached hydrogens (tertiary/aromatic N) is 2. The molecule has 1 aliphatic heterocycles. The van der Waals surface area contributed by atoms with Gasteiger partial charge in [-0.05, 0) is 23.8 Å². The Hall–Kier alpha value is -2.48. The molecule has 2 aromatic rings. The summed E-state index contributed by atoms with van der Waals surface area (Å²) in [6, 6.07) is 11.2. The van der Waals surface area contributed by atoms with Crippen LogP contribution in [0.4, 0.5) is 11.4 Å². The highest BCUT2D eigenvalue weighted by Gasteiger charge is 2.15. The van der Waals surface area contributed by atoms with E-state index in [9.17, 15) is 14.9 Å². The predicted octanol–water partition coefficient (Wildman–Crippen LogP) is 3.33. The molecule has 0 saturated carbocycles. The fraction of sp³-hybridized carbons (Fsp3) is 0.278. The molecule has 1 aliphatic rings. The maximum atomic E-state index is 12.5. The van der Waals surface area contributed by atoms with Crippen molar-refractivity contribution in [1.29, 1.82) is 0 Å². The smallest absolute Gasteiger partial charge is 0.271 e. The zero-order valence-corrected chi connectivity index (χ0v) is 14.7. The van der Waals surface area contributed by atoms with Gasteiger partial charge in [-0.2, -0.15) is 0 Å². The second kappa shape index (κ2) is 8.27. The van der Waals surface area contributed by atoms with Gasteiger partial charge in [0.1, 0.15) is 0 Å². The molecule has 8 heteroatoms. The van der Waals surface area contributed by atoms with Gasteiger partial charge < -0.3 is 10.1 Å². The Bertz CT molecular complexity index is 822. The zero-order valence-electron chi connectivity index (χ0n) is 14.0. The number of morpholine rings is 1. The first kappa shape index (κ1) is 18.3. The Balaban J connectivity index is 1.73. The van der Waals surface area contributed by atoms with Crippen LogP contribution in [0.1, 0.15) is 15.9 Å². The average molecular weight is 376 g/mol. The van der Waals surface area contributed by atoms with Crippen molar-refractivity contribution in [3.63, 3.8) is 0 Å². The molecule has 0 spiro atoms. The molecule has 1 saturated heterocycles. The van der Waals surface area contributed by atoms with E-state index in [1.165, 1.54) is 18.2 Å². The van der Waals surface area contributed by atoms with Gasteiger partial charge in [-0.1, -0.05) is 23.7 Å². The number of ether oxygens (including phenoxy) is 1. The van der Waals surface area contributed by atoms with Gasteiger partial charge in [-0.3, -0.25) is 19.8 Å². The maximum Gasteiger partial charge on any atom is 0.271 e. The van der Waals surface area contributed by atoms with Crippen molar-refractivity contribution in [2.45, 2.75) is 6.54 Å². The van der Waals surface area contributed by atoms with Crippen LogP contribution in [0.5, 0.6) is 0 Å². The highest BCUT2D eigenvalue weighted by molar-refractivity contribution is 6.34. The second-order valence-electron chi connectivity index (χ2n) is 5.96. The Morgan fingerprint density at radius 2 is 2.00 bits per heavy atom. The Morgan fingerprint density at radius 3 is 2.73 bits per heavy atom. The van der Waals surface area contributed by atoms with Crippen LogP contribution in [-0.4, -0.2) is 42.0 Å². The number of benzene rings is 2. The normalized spacial score (nSPS) is 14.8. The minimum atomic E-state index is -0.533. The van der Waals surface area contributed by atoms with Gasteiger partial charge in [0.05, 0.1) is 28.8 Å². The number of amides is 1. The number of halogens is 1. The van der Waals surface area contributed by atoms with E-state index in [1.54, 1.807) is 6.07 Å². The first-order chi connectivity index (χ1) is 12.5. The number of rotatable bonds is 5. The highest BCUT2D eigenvalue weighted by atomic mass is 35.5. The summed E-state index contributed by atoms with van der Waals surface area (Å²) in [5.41, 5.74) is 1.57. The van der Waals surface area contributed by atoms with Gasteiger partial charge >= 0.3 is 0 Å². The summed E-state index contributed by atoms with van der Waals surface area (Å²) in [6.07, 6.45) is 0. The third kappa shape index (κ3) is 4.57. The van der Waals surface area contributed by atoms with Gasteiger partial charge in [0.2, 0.25) is 0 Å². The van der Waals surface area contributed by atoms with Gasteiger partial charge in [0.25, 0.3) is 11.6 Å². The molecular formula is C18H18ClN3O4. The first-order valence-corrected chi connectivity index (χ1v) is 8.55. The standard InChI is InChI=1S/C18H18ClN3O4/c19-16-5-4-15(22(24)25)11-17(16)20-18(23)14-3-1-2-13(10-14)12-21-6-8-26-9-7-21/h1-5,10-11H,6-9,12H2,(H,20,23). The molecule has 1 fully saturated rings. The lowest BCUT2D eigenvalue weighted by atomic mass is 10.1. The fourth-order valence-electron chi connectivity index (χ4n) is 2.75. The lowest BCUT2D eigenvalue weighted by molar-refractivity contribution is -0.384. The number of anilines is 1. The van der Waals surface area contributed by atoms with E-state index in [0.29, 0.717) is 18.8 Å². The summed E-state index contributed by atoms with van der Waals surface area (Å²) >= 11 is 6.04. The third-order valence-corrected chi connectivity index (χ3v) is 4.44. The largest absolute Gasteiger partial charge is 0.379 e. The van der Waals surface area contributed by atoms with E-state index >= 15 is 0 Å². The summed E-state index contributed by atoms with van der Waals surface area (Å²) < 4.78 is 5.34. The summed E-state index contributed by atoms with van der Waals surface area (Å²) in [5.74, 6) is -0.365. The van der Waals surface area contributed by atoms with E-state index in [1.807, 2.05) is 18.2 Å². The molecular weight excluding hydrogens is 358 g/mol. The van der Waals surface area contributed by atoms with Crippen LogP contribution in [0, 0.1) is 10.1 Å². The number of nitro benzene ring substituents is 1. The van der Waals surface area contributed by atoms with Crippen molar-refractivity contribution in [3.05, 3.63) is 68.7 Å². The van der Waals surface area contributed by atoms with E-state index < -0.39 is 4.92 Å². The summed E-state index contributed by atoms with van der Waals surface area (Å²) in [7, 11) is 0. The number of nitrogens with one attached hydrogen (secondary N) is 1. The molecule has 0 bridgehead atoms. The molecule has 0 radical (unpaired) electrons. The molecule has 0 aromatic heterocycles. The topological polar surface area (TPSA) is 84.7 Å². The van der Waals surface area contributed by atoms with Crippen molar-refractivity contribution < 1.29 is 14.5 Å². The van der Waals surface area contributed by atoms with Gasteiger partial charge in [0, 0.05) is 37.3 Å². The lowest BCUT2D eigenvalue weighted by Gasteiger charge is -2.26. The minimum absolute atomic E-state index is 0.134. The summed E-state index contributed by atoms with van der Waals surface area (Å²) in [6.45, 7) is 3.89. The molecule has 7 nitrogen and oxygen atoms in total. The predicted molar refractivity (Wildman–Crippen MR) is 98.6 cm³/mol. The first-order valence-electron chi connectivity index (χ1n) is 8.17. The van der Waals surface area contributed by atoms with Crippen LogP contribution in [-0.2, 0) is 11.3 Å². The van der Waals surface area contributed by atoms with Crippen molar-refractivity contribution in [1.82, 2.24) is 4.90 Å². The van der Waals surface area contributed by atoms with Gasteiger partial charge in [-0.25, -0.2) is 0 Å². The molecule has 1 amide bonds. The number of non-ortho nitro benzene ring substituents is 1. The Labute approximate surface area is 155 Å². The maximum absolute atomic E-state index is 12.5. The van der Waals surface area contributed by atoms with Crippen molar-refractivity contribution in [2.24, 2.45) is 0 Å². The van der Waals surface area contributed by atoms with Crippen LogP contribution in [0.25, 0.3) is 0 Å². The SMILES string of the molecule is O=C(Nc1cc([N+](=O)[O-])ccc1Cl)c1cccc(CN2CCOCC2)c1.